The Hall–Kier alpha value is -1.49. The van der Waals surface area contributed by atoms with Crippen LogP contribution < -0.4 is 5.73 Å². The van der Waals surface area contributed by atoms with Gasteiger partial charge in [0.1, 0.15) is 5.82 Å². The molecular formula is C9H13N3O2. The molecule has 5 nitrogen and oxygen atoms in total. The molecule has 0 radical (unpaired) electrons. The molecule has 5 heteroatoms. The molecule has 0 saturated carbocycles. The second kappa shape index (κ2) is 4.15. The second-order valence-electron chi connectivity index (χ2n) is 3.15. The number of aryl methyl sites for hydroxylation is 1. The van der Waals surface area contributed by atoms with Crippen LogP contribution in [-0.2, 0) is 11.2 Å². The summed E-state index contributed by atoms with van der Waals surface area (Å²) in [4.78, 5) is 18.6. The van der Waals surface area contributed by atoms with Gasteiger partial charge in [0.25, 0.3) is 0 Å². The standard InChI is InChI=1S/C9H13N3O2/c1-5-7(6(2)13)4-11-9(12-5)3-8(10)14/h4,6,13H,3H2,1-2H3,(H2,10,14)/t6-/m1/s1. The lowest BCUT2D eigenvalue weighted by Gasteiger charge is -2.07. The van der Waals surface area contributed by atoms with Crippen molar-refractivity contribution in [2.24, 2.45) is 5.73 Å². The Kier molecular flexibility index (Phi) is 3.14. The van der Waals surface area contributed by atoms with Crippen molar-refractivity contribution >= 4 is 5.91 Å². The Morgan fingerprint density at radius 1 is 1.71 bits per heavy atom. The van der Waals surface area contributed by atoms with E-state index in [4.69, 9.17) is 5.73 Å². The molecule has 0 unspecified atom stereocenters. The van der Waals surface area contributed by atoms with Crippen LogP contribution in [0.15, 0.2) is 6.20 Å². The lowest BCUT2D eigenvalue weighted by Crippen LogP contribution is -2.16. The van der Waals surface area contributed by atoms with Crippen LogP contribution in [0.5, 0.6) is 0 Å². The number of nitrogens with zero attached hydrogens (tertiary/aromatic N) is 2. The van der Waals surface area contributed by atoms with Crippen LogP contribution in [0.4, 0.5) is 0 Å². The van der Waals surface area contributed by atoms with Gasteiger partial charge in [-0.1, -0.05) is 0 Å². The van der Waals surface area contributed by atoms with Gasteiger partial charge in [0.05, 0.1) is 12.5 Å². The van der Waals surface area contributed by atoms with E-state index in [1.54, 1.807) is 13.8 Å². The van der Waals surface area contributed by atoms with Crippen molar-refractivity contribution in [1.82, 2.24) is 9.97 Å². The fourth-order valence-electron chi connectivity index (χ4n) is 1.18. The highest BCUT2D eigenvalue weighted by molar-refractivity contribution is 5.75. The van der Waals surface area contributed by atoms with Crippen LogP contribution in [0.2, 0.25) is 0 Å². The highest BCUT2D eigenvalue weighted by Crippen LogP contribution is 2.13. The quantitative estimate of drug-likeness (QED) is 0.702. The maximum atomic E-state index is 10.6. The van der Waals surface area contributed by atoms with Crippen molar-refractivity contribution < 1.29 is 9.90 Å². The summed E-state index contributed by atoms with van der Waals surface area (Å²) in [5.41, 5.74) is 6.34. The molecule has 1 amide bonds. The fraction of sp³-hybridized carbons (Fsp3) is 0.444. The van der Waals surface area contributed by atoms with Crippen molar-refractivity contribution in [3.63, 3.8) is 0 Å². The number of aromatic nitrogens is 2. The SMILES string of the molecule is Cc1nc(CC(N)=O)ncc1[C@@H](C)O. The Bertz CT molecular complexity index is 350. The molecule has 0 fully saturated rings. The average molecular weight is 195 g/mol. The largest absolute Gasteiger partial charge is 0.389 e. The summed E-state index contributed by atoms with van der Waals surface area (Å²) in [5, 5.41) is 9.31. The molecule has 1 rings (SSSR count). The van der Waals surface area contributed by atoms with E-state index in [1.165, 1.54) is 6.20 Å². The number of amides is 1. The zero-order valence-corrected chi connectivity index (χ0v) is 8.19. The predicted octanol–water partition coefficient (Wildman–Crippen LogP) is -0.134. The minimum Gasteiger partial charge on any atom is -0.389 e. The van der Waals surface area contributed by atoms with Gasteiger partial charge in [-0.15, -0.1) is 0 Å². The van der Waals surface area contributed by atoms with Crippen LogP contribution in [0.25, 0.3) is 0 Å². The molecule has 0 aromatic carbocycles. The summed E-state index contributed by atoms with van der Waals surface area (Å²) in [6.45, 7) is 3.40. The number of primary amides is 1. The number of hydrogen-bond donors (Lipinski definition) is 2. The molecule has 0 aliphatic heterocycles. The lowest BCUT2D eigenvalue weighted by atomic mass is 10.1. The Morgan fingerprint density at radius 3 is 2.79 bits per heavy atom. The third kappa shape index (κ3) is 2.50. The molecular weight excluding hydrogens is 182 g/mol. The molecule has 0 aliphatic rings. The minimum absolute atomic E-state index is 0.0287. The molecule has 0 aliphatic carbocycles. The van der Waals surface area contributed by atoms with E-state index in [0.29, 0.717) is 17.1 Å². The van der Waals surface area contributed by atoms with Gasteiger partial charge in [0.2, 0.25) is 5.91 Å². The molecule has 3 N–H and O–H groups in total. The summed E-state index contributed by atoms with van der Waals surface area (Å²) in [6.07, 6.45) is 0.948. The fourth-order valence-corrected chi connectivity index (χ4v) is 1.18. The van der Waals surface area contributed by atoms with E-state index < -0.39 is 12.0 Å². The van der Waals surface area contributed by atoms with Gasteiger partial charge >= 0.3 is 0 Å². The molecule has 1 aromatic heterocycles. The first kappa shape index (κ1) is 10.6. The highest BCUT2D eigenvalue weighted by atomic mass is 16.3. The number of carbonyl (C=O) groups excluding carboxylic acids is 1. The van der Waals surface area contributed by atoms with Gasteiger partial charge in [0.15, 0.2) is 0 Å². The van der Waals surface area contributed by atoms with Crippen molar-refractivity contribution in [3.8, 4) is 0 Å². The topological polar surface area (TPSA) is 89.1 Å². The summed E-state index contributed by atoms with van der Waals surface area (Å²) in [5.74, 6) is -0.0754. The normalized spacial score (nSPS) is 12.5. The van der Waals surface area contributed by atoms with Crippen molar-refractivity contribution in [2.75, 3.05) is 0 Å². The number of nitrogens with two attached hydrogens (primary N) is 1. The van der Waals surface area contributed by atoms with E-state index in [-0.39, 0.29) is 6.42 Å². The summed E-state index contributed by atoms with van der Waals surface area (Å²) in [6, 6.07) is 0. The molecule has 1 atom stereocenters. The van der Waals surface area contributed by atoms with Gasteiger partial charge in [-0.3, -0.25) is 4.79 Å². The number of aliphatic hydroxyl groups excluding tert-OH is 1. The van der Waals surface area contributed by atoms with Crippen LogP contribution in [0, 0.1) is 6.92 Å². The number of carbonyl (C=O) groups is 1. The van der Waals surface area contributed by atoms with E-state index in [0.717, 1.165) is 0 Å². The zero-order valence-electron chi connectivity index (χ0n) is 8.19. The van der Waals surface area contributed by atoms with Gasteiger partial charge in [-0.2, -0.15) is 0 Å². The summed E-state index contributed by atoms with van der Waals surface area (Å²) in [7, 11) is 0. The van der Waals surface area contributed by atoms with Crippen molar-refractivity contribution in [3.05, 3.63) is 23.3 Å². The van der Waals surface area contributed by atoms with E-state index in [9.17, 15) is 9.90 Å². The maximum Gasteiger partial charge on any atom is 0.225 e. The number of aliphatic hydroxyl groups is 1. The molecule has 76 valence electrons. The third-order valence-corrected chi connectivity index (χ3v) is 1.85. The van der Waals surface area contributed by atoms with Crippen molar-refractivity contribution in [1.29, 1.82) is 0 Å². The maximum absolute atomic E-state index is 10.6. The van der Waals surface area contributed by atoms with E-state index in [1.807, 2.05) is 0 Å². The van der Waals surface area contributed by atoms with Gasteiger partial charge in [-0.25, -0.2) is 9.97 Å². The predicted molar refractivity (Wildman–Crippen MR) is 50.3 cm³/mol. The second-order valence-corrected chi connectivity index (χ2v) is 3.15. The summed E-state index contributed by atoms with van der Waals surface area (Å²) >= 11 is 0. The van der Waals surface area contributed by atoms with E-state index in [2.05, 4.69) is 9.97 Å². The van der Waals surface area contributed by atoms with Crippen LogP contribution in [0.1, 0.15) is 30.1 Å². The zero-order chi connectivity index (χ0) is 10.7. The molecule has 0 bridgehead atoms. The lowest BCUT2D eigenvalue weighted by molar-refractivity contribution is -0.117. The molecule has 1 aromatic rings. The van der Waals surface area contributed by atoms with Crippen LogP contribution >= 0.6 is 0 Å². The number of rotatable bonds is 3. The average Bonchev–Trinajstić information content (AvgIpc) is 2.01. The highest BCUT2D eigenvalue weighted by Gasteiger charge is 2.09. The van der Waals surface area contributed by atoms with Crippen LogP contribution in [-0.4, -0.2) is 21.0 Å². The van der Waals surface area contributed by atoms with Gasteiger partial charge in [-0.05, 0) is 13.8 Å². The van der Waals surface area contributed by atoms with E-state index >= 15 is 0 Å². The third-order valence-electron chi connectivity index (χ3n) is 1.85. The Balaban J connectivity index is 2.94. The van der Waals surface area contributed by atoms with Gasteiger partial charge < -0.3 is 10.8 Å². The Morgan fingerprint density at radius 2 is 2.36 bits per heavy atom. The first-order valence-corrected chi connectivity index (χ1v) is 4.29. The van der Waals surface area contributed by atoms with Gasteiger partial charge in [0, 0.05) is 17.5 Å². The molecule has 14 heavy (non-hydrogen) atoms. The summed E-state index contributed by atoms with van der Waals surface area (Å²) < 4.78 is 0. The van der Waals surface area contributed by atoms with Crippen molar-refractivity contribution in [2.45, 2.75) is 26.4 Å². The first-order valence-electron chi connectivity index (χ1n) is 4.29. The molecule has 1 heterocycles. The Labute approximate surface area is 82.0 Å². The number of hydrogen-bond acceptors (Lipinski definition) is 4. The van der Waals surface area contributed by atoms with Crippen LogP contribution in [0.3, 0.4) is 0 Å². The molecule has 0 spiro atoms. The monoisotopic (exact) mass is 195 g/mol. The first-order chi connectivity index (χ1) is 6.50. The smallest absolute Gasteiger partial charge is 0.225 e. The molecule has 0 saturated heterocycles. The minimum atomic E-state index is -0.599.